The molecule has 20 nitrogen and oxygen atoms in total. The molecule has 24 heteroatoms. The average molecular weight is 929 g/mol. The Labute approximate surface area is 361 Å². The van der Waals surface area contributed by atoms with Gasteiger partial charge in [0.1, 0.15) is 28.2 Å². The second-order valence-electron chi connectivity index (χ2n) is 12.8. The molecule has 0 saturated carbocycles. The first-order valence-electron chi connectivity index (χ1n) is 17.6. The quantitative estimate of drug-likeness (QED) is 0.0233. The number of aryl methyl sites for hydroxylation is 2. The van der Waals surface area contributed by atoms with E-state index in [2.05, 4.69) is 45.6 Å². The molecule has 2 aromatic heterocycles. The minimum Gasteiger partial charge on any atom is -0.324 e. The van der Waals surface area contributed by atoms with E-state index in [1.54, 1.807) is 44.2 Å². The van der Waals surface area contributed by atoms with Gasteiger partial charge in [0.15, 0.2) is 0 Å². The topological polar surface area (TPSA) is 303 Å². The van der Waals surface area contributed by atoms with Gasteiger partial charge >= 0.3 is 0 Å². The number of nitrogens with zero attached hydrogens (tertiary/aromatic N) is 6. The molecule has 0 aliphatic rings. The lowest BCUT2D eigenvalue weighted by molar-refractivity contribution is -0.432. The van der Waals surface area contributed by atoms with E-state index in [1.165, 1.54) is 18.2 Å². The summed E-state index contributed by atoms with van der Waals surface area (Å²) in [7, 11) is -12.0. The van der Waals surface area contributed by atoms with Crippen LogP contribution in [0.5, 0.6) is 0 Å². The van der Waals surface area contributed by atoms with Crippen molar-refractivity contribution in [3.05, 3.63) is 143 Å². The van der Waals surface area contributed by atoms with E-state index < -0.39 is 30.4 Å². The van der Waals surface area contributed by atoms with Crippen LogP contribution in [0.1, 0.15) is 45.6 Å². The van der Waals surface area contributed by atoms with Gasteiger partial charge in [0, 0.05) is 29.1 Å². The molecule has 0 radical (unpaired) electrons. The van der Waals surface area contributed by atoms with Gasteiger partial charge < -0.3 is 10.6 Å². The Bertz CT molecular complexity index is 2780. The molecule has 2 heterocycles. The van der Waals surface area contributed by atoms with E-state index in [0.717, 1.165) is 23.2 Å². The second kappa shape index (κ2) is 22.3. The van der Waals surface area contributed by atoms with Crippen LogP contribution in [-0.4, -0.2) is 86.6 Å². The molecule has 0 bridgehead atoms. The third-order valence-electron chi connectivity index (χ3n) is 7.41. The van der Waals surface area contributed by atoms with Crippen molar-refractivity contribution in [2.75, 3.05) is 23.1 Å². The fraction of sp³-hybridized carbons (Fsp3) is 0.158. The molecule has 0 fully saturated rings. The highest BCUT2D eigenvalue weighted by Crippen LogP contribution is 2.31. The minimum atomic E-state index is -4.66. The zero-order chi connectivity index (χ0) is 45.5. The number of anilines is 4. The molecule has 0 unspecified atom stereocenters. The normalized spacial score (nSPS) is 11.5. The van der Waals surface area contributed by atoms with Crippen LogP contribution in [0.2, 0.25) is 0 Å². The maximum absolute atomic E-state index is 12.5. The summed E-state index contributed by atoms with van der Waals surface area (Å²) in [4.78, 5) is 26.8. The van der Waals surface area contributed by atoms with E-state index in [1.807, 2.05) is 60.7 Å². The summed E-state index contributed by atoms with van der Waals surface area (Å²) in [5.74, 6) is 2.73. The van der Waals surface area contributed by atoms with Gasteiger partial charge in [-0.2, -0.15) is 45.2 Å². The van der Waals surface area contributed by atoms with Crippen LogP contribution >= 0.6 is 12.0 Å². The van der Waals surface area contributed by atoms with Gasteiger partial charge in [-0.15, -0.1) is 4.33 Å². The molecule has 0 aliphatic heterocycles. The number of rotatable bonds is 14. The van der Waals surface area contributed by atoms with Crippen LogP contribution in [-0.2, 0) is 52.6 Å². The van der Waals surface area contributed by atoms with Gasteiger partial charge in [0.2, 0.25) is 11.9 Å². The lowest BCUT2D eigenvalue weighted by atomic mass is 10.1. The van der Waals surface area contributed by atoms with Crippen molar-refractivity contribution in [1.82, 2.24) is 29.9 Å². The van der Waals surface area contributed by atoms with Gasteiger partial charge in [-0.3, -0.25) is 13.7 Å². The third kappa shape index (κ3) is 18.4. The summed E-state index contributed by atoms with van der Waals surface area (Å²) in [5, 5.41) is 18.9. The Morgan fingerprint density at radius 1 is 0.597 bits per heavy atom. The average Bonchev–Trinajstić information content (AvgIpc) is 3.16. The van der Waals surface area contributed by atoms with Gasteiger partial charge in [0.25, 0.3) is 30.4 Å². The van der Waals surface area contributed by atoms with Gasteiger partial charge in [-0.1, -0.05) is 90.0 Å². The largest absolute Gasteiger partial charge is 0.324 e. The van der Waals surface area contributed by atoms with Crippen LogP contribution in [0.4, 0.5) is 23.3 Å². The van der Waals surface area contributed by atoms with E-state index in [0.29, 0.717) is 76.4 Å². The molecule has 0 atom stereocenters. The van der Waals surface area contributed by atoms with Gasteiger partial charge in [0.05, 0.1) is 24.6 Å². The molecule has 6 rings (SSSR count). The molecule has 0 aliphatic carbocycles. The van der Waals surface area contributed by atoms with Crippen molar-refractivity contribution in [1.29, 1.82) is 0 Å². The fourth-order valence-electron chi connectivity index (χ4n) is 5.19. The molecule has 0 spiro atoms. The lowest BCUT2D eigenvalue weighted by Gasteiger charge is -2.11. The molecule has 62 heavy (non-hydrogen) atoms. The van der Waals surface area contributed by atoms with Crippen molar-refractivity contribution >= 4 is 77.8 Å². The number of hydrogen-bond donors (Lipinski definition) is 6. The van der Waals surface area contributed by atoms with Crippen LogP contribution in [0, 0.1) is 13.8 Å². The molecule has 6 aromatic rings. The Hall–Kier alpha value is -5.80. The highest BCUT2D eigenvalue weighted by molar-refractivity contribution is 7.94. The molecule has 0 saturated heterocycles. The Balaban J connectivity index is 0.000000759. The van der Waals surface area contributed by atoms with Gasteiger partial charge in [-0.25, -0.2) is 15.2 Å². The van der Waals surface area contributed by atoms with Crippen molar-refractivity contribution in [3.63, 3.8) is 0 Å². The maximum Gasteiger partial charge on any atom is 0.295 e. The minimum absolute atomic E-state index is 0.203. The summed E-state index contributed by atoms with van der Waals surface area (Å²) in [6.07, 6.45) is 5.59. The zero-order valence-electron chi connectivity index (χ0n) is 33.2. The van der Waals surface area contributed by atoms with Crippen LogP contribution in [0.15, 0.2) is 107 Å². The molecular weight excluding hydrogens is 889 g/mol. The first-order chi connectivity index (χ1) is 29.1. The highest BCUT2D eigenvalue weighted by atomic mass is 32.2. The smallest absolute Gasteiger partial charge is 0.295 e. The van der Waals surface area contributed by atoms with Crippen molar-refractivity contribution in [3.8, 4) is 0 Å². The summed E-state index contributed by atoms with van der Waals surface area (Å²) in [5.41, 5.74) is 3.78. The number of hydrogen-bond acceptors (Lipinski definition) is 18. The third-order valence-corrected chi connectivity index (χ3v) is 8.98. The second-order valence-corrected chi connectivity index (χ2v) is 17.9. The van der Waals surface area contributed by atoms with Gasteiger partial charge in [-0.05, 0) is 60.4 Å². The summed E-state index contributed by atoms with van der Waals surface area (Å²) >= 11 is 0.718. The van der Waals surface area contributed by atoms with Crippen molar-refractivity contribution in [2.24, 2.45) is 0 Å². The predicted molar refractivity (Wildman–Crippen MR) is 231 cm³/mol. The molecule has 0 amide bonds. The van der Waals surface area contributed by atoms with Crippen LogP contribution in [0.25, 0.3) is 12.2 Å². The van der Waals surface area contributed by atoms with Crippen LogP contribution < -0.4 is 10.6 Å². The van der Waals surface area contributed by atoms with E-state index in [9.17, 15) is 29.8 Å². The zero-order valence-corrected chi connectivity index (χ0v) is 36.4. The van der Waals surface area contributed by atoms with Crippen molar-refractivity contribution < 1.29 is 53.5 Å². The lowest BCUT2D eigenvalue weighted by Crippen LogP contribution is -2.07. The summed E-state index contributed by atoms with van der Waals surface area (Å²) < 4.78 is 91.7. The maximum atomic E-state index is 12.5. The first-order valence-corrected chi connectivity index (χ1v) is 23.5. The number of aromatic nitrogens is 6. The molecular formula is C38H40N8O12S4. The molecule has 4 aromatic carbocycles. The van der Waals surface area contributed by atoms with Crippen LogP contribution in [0.3, 0.4) is 0 Å². The van der Waals surface area contributed by atoms with Crippen molar-refractivity contribution in [2.45, 2.75) is 36.5 Å². The van der Waals surface area contributed by atoms with E-state index in [-0.39, 0.29) is 16.4 Å². The SMILES string of the molecule is CS(=O)(=O)O.CS(=O)(=O)O.Cc1nc(Cc2ccccc2)nc(Nc2ccc(/C=C/c3ccc(Nc4nc(C)nc(Cc5ccccc5)n4)cc3S(=O)(=O)O)c(SOOO)c2)n1. The van der Waals surface area contributed by atoms with E-state index >= 15 is 0 Å². The predicted octanol–water partition coefficient (Wildman–Crippen LogP) is 6.20. The monoisotopic (exact) mass is 928 g/mol. The number of benzene rings is 4. The molecule has 328 valence electrons. The Kier molecular flexibility index (Phi) is 17.6. The summed E-state index contributed by atoms with van der Waals surface area (Å²) in [6, 6.07) is 29.2. The standard InChI is InChI=1S/C36H32N8O6S2.2CH4O3S/c1-23-37-33(19-25-9-5-3-6-10-25)43-35(39-23)41-29-17-15-27(31(21-29)51-50-49-45)13-14-28-16-18-30(22-32(28)52(46,47)48)42-36-40-24(2)38-34(44-36)20-26-11-7-4-8-12-26;2*1-5(2,3)4/h3-18,21-22,45H,19-20H2,1-2H3,(H,46,47,48)(H,37,39,41,43)(H,38,40,42,44);2*1H3,(H,2,3,4)/b14-13+;;. The Morgan fingerprint density at radius 3 is 1.45 bits per heavy atom. The summed E-state index contributed by atoms with van der Waals surface area (Å²) in [6.45, 7) is 3.52. The highest BCUT2D eigenvalue weighted by Gasteiger charge is 2.17. The number of nitrogens with one attached hydrogen (secondary N) is 2. The van der Waals surface area contributed by atoms with E-state index in [4.69, 9.17) is 18.7 Å². The molecule has 6 N–H and O–H groups in total. The Morgan fingerprint density at radius 2 is 1.02 bits per heavy atom. The fourth-order valence-corrected chi connectivity index (χ4v) is 6.41. The first kappa shape index (κ1) is 48.9.